The molecular formula is C28H33N5O8. The monoisotopic (exact) mass is 567 g/mol. The van der Waals surface area contributed by atoms with Crippen LogP contribution in [-0.2, 0) is 41.7 Å². The molecule has 0 radical (unpaired) electrons. The predicted octanol–water partition coefficient (Wildman–Crippen LogP) is -0.839. The Kier molecular flexibility index (Phi) is 10.9. The fourth-order valence-electron chi connectivity index (χ4n) is 4.38. The van der Waals surface area contributed by atoms with Gasteiger partial charge in [-0.05, 0) is 17.5 Å². The zero-order valence-corrected chi connectivity index (χ0v) is 22.4. The van der Waals surface area contributed by atoms with E-state index in [1.807, 2.05) is 0 Å². The van der Waals surface area contributed by atoms with E-state index < -0.39 is 60.4 Å². The van der Waals surface area contributed by atoms with Crippen LogP contribution in [-0.4, -0.2) is 83.3 Å². The number of hydrogen-bond acceptors (Lipinski definition) is 8. The molecule has 13 heteroatoms. The average molecular weight is 568 g/mol. The molecule has 1 aliphatic rings. The normalized spacial score (nSPS) is 16.7. The van der Waals surface area contributed by atoms with Gasteiger partial charge in [-0.2, -0.15) is 0 Å². The number of Topliss-reactive ketones (excluding diaryl/α,β-unsaturated/α-hetero) is 1. The summed E-state index contributed by atoms with van der Waals surface area (Å²) in [5.41, 5.74) is 6.63. The molecule has 1 fully saturated rings. The van der Waals surface area contributed by atoms with Gasteiger partial charge >= 0.3 is 6.09 Å². The summed E-state index contributed by atoms with van der Waals surface area (Å²) in [7, 11) is 1.36. The van der Waals surface area contributed by atoms with Crippen molar-refractivity contribution in [3.8, 4) is 0 Å². The number of carbonyl (C=O) groups is 6. The molecule has 5 amide bonds. The summed E-state index contributed by atoms with van der Waals surface area (Å²) in [6.45, 7) is -0.471. The number of nitrogens with one attached hydrogen (secondary N) is 3. The molecule has 2 aromatic rings. The highest BCUT2D eigenvalue weighted by Crippen LogP contribution is 2.18. The standard InChI is InChI=1S/C28H33N5O8/c1-30-26(38)22-13-19(34)15-33(22)27(39)24(36)20(12-17-8-4-2-5-9-17)31-25(37)21(14-23(29)35)32-28(40)41-16-18-10-6-3-7-11-18/h2-11,20-22,24,36H,12-16H2,1H3,(H2,29,35)(H,30,38)(H,31,37)(H,32,40). The van der Waals surface area contributed by atoms with E-state index in [2.05, 4.69) is 16.0 Å². The first-order valence-electron chi connectivity index (χ1n) is 12.9. The van der Waals surface area contributed by atoms with Gasteiger partial charge in [0.15, 0.2) is 11.9 Å². The molecule has 1 aliphatic heterocycles. The number of aliphatic hydroxyl groups excluding tert-OH is 1. The van der Waals surface area contributed by atoms with Crippen LogP contribution in [0.15, 0.2) is 60.7 Å². The fourth-order valence-corrected chi connectivity index (χ4v) is 4.38. The van der Waals surface area contributed by atoms with Crippen LogP contribution in [0.4, 0.5) is 4.79 Å². The Morgan fingerprint density at radius 3 is 2.20 bits per heavy atom. The van der Waals surface area contributed by atoms with E-state index in [0.29, 0.717) is 11.1 Å². The number of ketones is 1. The summed E-state index contributed by atoms with van der Waals surface area (Å²) in [6.07, 6.45) is -3.70. The SMILES string of the molecule is CNC(=O)C1CC(=O)CN1C(=O)C(O)C(Cc1ccccc1)NC(=O)C(CC(N)=O)NC(=O)OCc1ccccc1. The van der Waals surface area contributed by atoms with Gasteiger partial charge in [0.25, 0.3) is 5.91 Å². The smallest absolute Gasteiger partial charge is 0.408 e. The molecule has 3 rings (SSSR count). The average Bonchev–Trinajstić information content (AvgIpc) is 3.36. The van der Waals surface area contributed by atoms with Gasteiger partial charge in [-0.25, -0.2) is 4.79 Å². The van der Waals surface area contributed by atoms with Gasteiger partial charge in [0.1, 0.15) is 18.7 Å². The highest BCUT2D eigenvalue weighted by Gasteiger charge is 2.42. The van der Waals surface area contributed by atoms with Gasteiger partial charge in [-0.1, -0.05) is 60.7 Å². The summed E-state index contributed by atoms with van der Waals surface area (Å²) < 4.78 is 5.14. The van der Waals surface area contributed by atoms with E-state index in [1.54, 1.807) is 60.7 Å². The molecule has 0 aliphatic carbocycles. The number of alkyl carbamates (subject to hydrolysis) is 1. The van der Waals surface area contributed by atoms with Crippen molar-refractivity contribution in [1.29, 1.82) is 0 Å². The molecule has 0 aromatic heterocycles. The van der Waals surface area contributed by atoms with Gasteiger partial charge in [0.05, 0.1) is 19.0 Å². The first kappa shape index (κ1) is 30.8. The number of amides is 5. The lowest BCUT2D eigenvalue weighted by molar-refractivity contribution is -0.147. The second kappa shape index (κ2) is 14.6. The van der Waals surface area contributed by atoms with Crippen molar-refractivity contribution in [2.24, 2.45) is 5.73 Å². The number of ether oxygens (including phenoxy) is 1. The van der Waals surface area contributed by atoms with E-state index in [-0.39, 0.29) is 31.8 Å². The topological polar surface area (TPSA) is 197 Å². The summed E-state index contributed by atoms with van der Waals surface area (Å²) in [6, 6.07) is 13.6. The van der Waals surface area contributed by atoms with Gasteiger partial charge < -0.3 is 36.4 Å². The Morgan fingerprint density at radius 1 is 1.00 bits per heavy atom. The Balaban J connectivity index is 1.77. The molecule has 0 saturated carbocycles. The van der Waals surface area contributed by atoms with Crippen LogP contribution in [0.2, 0.25) is 0 Å². The number of aliphatic hydroxyl groups is 1. The van der Waals surface area contributed by atoms with Gasteiger partial charge in [-0.15, -0.1) is 0 Å². The number of likely N-dealkylation sites (N-methyl/N-ethyl adjacent to an activating group) is 1. The lowest BCUT2D eigenvalue weighted by Crippen LogP contribution is -2.58. The number of rotatable bonds is 12. The Hall–Kier alpha value is -4.78. The van der Waals surface area contributed by atoms with Crippen molar-refractivity contribution in [3.63, 3.8) is 0 Å². The summed E-state index contributed by atoms with van der Waals surface area (Å²) in [5.74, 6) is -3.67. The number of nitrogens with zero attached hydrogens (tertiary/aromatic N) is 1. The van der Waals surface area contributed by atoms with Crippen molar-refractivity contribution in [2.45, 2.75) is 50.1 Å². The molecule has 1 saturated heterocycles. The second-order valence-electron chi connectivity index (χ2n) is 9.52. The van der Waals surface area contributed by atoms with E-state index in [1.165, 1.54) is 7.05 Å². The van der Waals surface area contributed by atoms with E-state index in [4.69, 9.17) is 10.5 Å². The summed E-state index contributed by atoms with van der Waals surface area (Å²) in [5, 5.41) is 18.3. The van der Waals surface area contributed by atoms with Crippen molar-refractivity contribution in [2.75, 3.05) is 13.6 Å². The third-order valence-corrected chi connectivity index (χ3v) is 6.46. The predicted molar refractivity (Wildman–Crippen MR) is 145 cm³/mol. The molecule has 1 heterocycles. The van der Waals surface area contributed by atoms with Crippen molar-refractivity contribution < 1.29 is 38.6 Å². The minimum atomic E-state index is -1.88. The maximum Gasteiger partial charge on any atom is 0.408 e. The van der Waals surface area contributed by atoms with Crippen molar-refractivity contribution in [1.82, 2.24) is 20.9 Å². The van der Waals surface area contributed by atoms with Crippen molar-refractivity contribution >= 4 is 35.5 Å². The third kappa shape index (κ3) is 8.86. The quantitative estimate of drug-likeness (QED) is 0.219. The lowest BCUT2D eigenvalue weighted by atomic mass is 9.99. The van der Waals surface area contributed by atoms with E-state index >= 15 is 0 Å². The summed E-state index contributed by atoms with van der Waals surface area (Å²) >= 11 is 0. The van der Waals surface area contributed by atoms with Crippen LogP contribution in [0.25, 0.3) is 0 Å². The highest BCUT2D eigenvalue weighted by atomic mass is 16.5. The number of hydrogen-bond donors (Lipinski definition) is 5. The fraction of sp³-hybridized carbons (Fsp3) is 0.357. The lowest BCUT2D eigenvalue weighted by Gasteiger charge is -2.30. The zero-order valence-electron chi connectivity index (χ0n) is 22.4. The molecule has 13 nitrogen and oxygen atoms in total. The number of primary amides is 1. The van der Waals surface area contributed by atoms with Crippen LogP contribution >= 0.6 is 0 Å². The molecule has 41 heavy (non-hydrogen) atoms. The number of likely N-dealkylation sites (tertiary alicyclic amines) is 1. The molecule has 0 spiro atoms. The van der Waals surface area contributed by atoms with Crippen molar-refractivity contribution in [3.05, 3.63) is 71.8 Å². The Morgan fingerprint density at radius 2 is 1.61 bits per heavy atom. The number of carbonyl (C=O) groups excluding carboxylic acids is 6. The van der Waals surface area contributed by atoms with Crippen LogP contribution in [0.1, 0.15) is 24.0 Å². The third-order valence-electron chi connectivity index (χ3n) is 6.46. The molecule has 218 valence electrons. The molecule has 0 bridgehead atoms. The van der Waals surface area contributed by atoms with Crippen LogP contribution in [0.5, 0.6) is 0 Å². The molecule has 6 N–H and O–H groups in total. The van der Waals surface area contributed by atoms with E-state index in [0.717, 1.165) is 4.90 Å². The highest BCUT2D eigenvalue weighted by molar-refractivity contribution is 6.00. The first-order chi connectivity index (χ1) is 19.6. The van der Waals surface area contributed by atoms with Gasteiger partial charge in [0.2, 0.25) is 17.7 Å². The minimum Gasteiger partial charge on any atom is -0.445 e. The largest absolute Gasteiger partial charge is 0.445 e. The Bertz CT molecular complexity index is 1260. The maximum atomic E-state index is 13.3. The van der Waals surface area contributed by atoms with Gasteiger partial charge in [0, 0.05) is 13.5 Å². The second-order valence-corrected chi connectivity index (χ2v) is 9.52. The molecular weight excluding hydrogens is 534 g/mol. The molecule has 2 aromatic carbocycles. The van der Waals surface area contributed by atoms with Crippen LogP contribution in [0, 0.1) is 0 Å². The minimum absolute atomic E-state index is 0.0341. The number of nitrogens with two attached hydrogens (primary N) is 1. The Labute approximate surface area is 236 Å². The first-order valence-corrected chi connectivity index (χ1v) is 12.9. The van der Waals surface area contributed by atoms with Crippen LogP contribution in [0.3, 0.4) is 0 Å². The molecule has 4 unspecified atom stereocenters. The summed E-state index contributed by atoms with van der Waals surface area (Å²) in [4.78, 5) is 76.0. The number of benzene rings is 2. The maximum absolute atomic E-state index is 13.3. The zero-order chi connectivity index (χ0) is 29.9. The molecule has 4 atom stereocenters. The van der Waals surface area contributed by atoms with E-state index in [9.17, 15) is 33.9 Å². The van der Waals surface area contributed by atoms with Gasteiger partial charge in [-0.3, -0.25) is 24.0 Å². The van der Waals surface area contributed by atoms with Crippen LogP contribution < -0.4 is 21.7 Å².